The van der Waals surface area contributed by atoms with Crippen LogP contribution in [0.5, 0.6) is 5.75 Å². The van der Waals surface area contributed by atoms with Crippen molar-refractivity contribution in [2.45, 2.75) is 12.8 Å². The van der Waals surface area contributed by atoms with E-state index in [-0.39, 0.29) is 5.97 Å². The molecule has 0 saturated carbocycles. The van der Waals surface area contributed by atoms with Gasteiger partial charge in [-0.15, -0.1) is 0 Å². The quantitative estimate of drug-likeness (QED) is 0.589. The van der Waals surface area contributed by atoms with Gasteiger partial charge in [-0.05, 0) is 54.4 Å². The van der Waals surface area contributed by atoms with Gasteiger partial charge in [0.2, 0.25) is 0 Å². The molecule has 1 aliphatic heterocycles. The molecular formula is C19H21N3O3. The zero-order valence-corrected chi connectivity index (χ0v) is 14.4. The highest BCUT2D eigenvalue weighted by Gasteiger charge is 2.19. The van der Waals surface area contributed by atoms with E-state index in [1.54, 1.807) is 7.11 Å². The lowest BCUT2D eigenvalue weighted by Gasteiger charge is -2.18. The summed E-state index contributed by atoms with van der Waals surface area (Å²) in [6.45, 7) is 1.58. The zero-order chi connectivity index (χ0) is 17.6. The minimum atomic E-state index is -0.182. The van der Waals surface area contributed by atoms with Crippen molar-refractivity contribution in [1.29, 1.82) is 0 Å². The van der Waals surface area contributed by atoms with Crippen molar-refractivity contribution in [3.63, 3.8) is 0 Å². The van der Waals surface area contributed by atoms with Crippen LogP contribution in [-0.2, 0) is 16.0 Å². The van der Waals surface area contributed by atoms with Gasteiger partial charge in [-0.25, -0.2) is 0 Å². The number of hydrogen-bond donors (Lipinski definition) is 0. The maximum absolute atomic E-state index is 11.3. The van der Waals surface area contributed by atoms with Crippen LogP contribution in [0.3, 0.4) is 0 Å². The van der Waals surface area contributed by atoms with E-state index in [1.165, 1.54) is 12.7 Å². The number of rotatable bonds is 6. The van der Waals surface area contributed by atoms with E-state index < -0.39 is 0 Å². The smallest absolute Gasteiger partial charge is 0.307 e. The molecule has 3 rings (SSSR count). The number of ether oxygens (including phenoxy) is 2. The van der Waals surface area contributed by atoms with Gasteiger partial charge in [-0.1, -0.05) is 0 Å². The molecular weight excluding hydrogens is 318 g/mol. The second kappa shape index (κ2) is 7.79. The highest BCUT2D eigenvalue weighted by atomic mass is 16.5. The van der Waals surface area contributed by atoms with E-state index in [9.17, 15) is 4.79 Å². The molecule has 0 saturated heterocycles. The maximum Gasteiger partial charge on any atom is 0.307 e. The first-order valence-electron chi connectivity index (χ1n) is 8.20. The number of benzene rings is 2. The first-order valence-corrected chi connectivity index (χ1v) is 8.20. The van der Waals surface area contributed by atoms with Crippen LogP contribution >= 0.6 is 0 Å². The molecule has 6 nitrogen and oxygen atoms in total. The predicted octanol–water partition coefficient (Wildman–Crippen LogP) is 4.04. The van der Waals surface area contributed by atoms with Crippen LogP contribution in [0.1, 0.15) is 12.0 Å². The minimum absolute atomic E-state index is 0.182. The topological polar surface area (TPSA) is 63.5 Å². The number of carbonyl (C=O) groups is 1. The van der Waals surface area contributed by atoms with Crippen LogP contribution in [0, 0.1) is 0 Å². The van der Waals surface area contributed by atoms with Gasteiger partial charge < -0.3 is 14.4 Å². The SMILES string of the molecule is COC(=O)CCN1CCc2cc(N=Nc3ccc(OC)cc3)ccc21. The Kier molecular flexibility index (Phi) is 5.28. The minimum Gasteiger partial charge on any atom is -0.497 e. The lowest BCUT2D eigenvalue weighted by atomic mass is 10.1. The van der Waals surface area contributed by atoms with E-state index in [0.29, 0.717) is 13.0 Å². The monoisotopic (exact) mass is 339 g/mol. The zero-order valence-electron chi connectivity index (χ0n) is 14.4. The number of azo groups is 1. The van der Waals surface area contributed by atoms with Crippen LogP contribution in [0.2, 0.25) is 0 Å². The second-order valence-corrected chi connectivity index (χ2v) is 5.77. The number of hydrogen-bond acceptors (Lipinski definition) is 6. The predicted molar refractivity (Wildman–Crippen MR) is 96.2 cm³/mol. The second-order valence-electron chi connectivity index (χ2n) is 5.77. The van der Waals surface area contributed by atoms with Crippen molar-refractivity contribution in [3.8, 4) is 5.75 Å². The molecule has 130 valence electrons. The third-order valence-electron chi connectivity index (χ3n) is 4.22. The lowest BCUT2D eigenvalue weighted by molar-refractivity contribution is -0.140. The molecule has 0 aromatic heterocycles. The van der Waals surface area contributed by atoms with Crippen LogP contribution in [0.4, 0.5) is 17.1 Å². The van der Waals surface area contributed by atoms with E-state index >= 15 is 0 Å². The van der Waals surface area contributed by atoms with Crippen molar-refractivity contribution in [2.75, 3.05) is 32.2 Å². The fourth-order valence-corrected chi connectivity index (χ4v) is 2.84. The molecule has 1 heterocycles. The molecule has 1 aliphatic rings. The maximum atomic E-state index is 11.3. The highest BCUT2D eigenvalue weighted by molar-refractivity contribution is 5.71. The van der Waals surface area contributed by atoms with E-state index in [1.807, 2.05) is 36.4 Å². The average molecular weight is 339 g/mol. The third kappa shape index (κ3) is 4.15. The van der Waals surface area contributed by atoms with Gasteiger partial charge in [-0.3, -0.25) is 4.79 Å². The van der Waals surface area contributed by atoms with Crippen LogP contribution in [0.25, 0.3) is 0 Å². The molecule has 25 heavy (non-hydrogen) atoms. The Morgan fingerprint density at radius 3 is 2.52 bits per heavy atom. The summed E-state index contributed by atoms with van der Waals surface area (Å²) in [6, 6.07) is 13.5. The summed E-state index contributed by atoms with van der Waals surface area (Å²) < 4.78 is 9.83. The van der Waals surface area contributed by atoms with Gasteiger partial charge in [0.15, 0.2) is 0 Å². The number of anilines is 1. The van der Waals surface area contributed by atoms with Crippen molar-refractivity contribution < 1.29 is 14.3 Å². The molecule has 0 fully saturated rings. The summed E-state index contributed by atoms with van der Waals surface area (Å²) in [6.07, 6.45) is 1.34. The van der Waals surface area contributed by atoms with Crippen molar-refractivity contribution in [1.82, 2.24) is 0 Å². The molecule has 0 bridgehead atoms. The summed E-state index contributed by atoms with van der Waals surface area (Å²) in [5.41, 5.74) is 3.99. The molecule has 0 unspecified atom stereocenters. The van der Waals surface area contributed by atoms with Gasteiger partial charge in [-0.2, -0.15) is 10.2 Å². The molecule has 0 spiro atoms. The number of carbonyl (C=O) groups excluding carboxylic acids is 1. The van der Waals surface area contributed by atoms with E-state index in [2.05, 4.69) is 21.2 Å². The number of methoxy groups -OCH3 is 2. The van der Waals surface area contributed by atoms with Crippen molar-refractivity contribution >= 4 is 23.0 Å². The molecule has 0 N–H and O–H groups in total. The Morgan fingerprint density at radius 1 is 1.08 bits per heavy atom. The Bertz CT molecular complexity index is 772. The molecule has 2 aromatic carbocycles. The van der Waals surface area contributed by atoms with Crippen molar-refractivity contribution in [3.05, 3.63) is 48.0 Å². The molecule has 0 atom stereocenters. The summed E-state index contributed by atoms with van der Waals surface area (Å²) in [4.78, 5) is 13.5. The average Bonchev–Trinajstić information content (AvgIpc) is 3.07. The standard InChI is InChI=1S/C19H21N3O3/c1-24-17-6-3-15(4-7-17)20-21-16-5-8-18-14(13-16)9-11-22(18)12-10-19(23)25-2/h3-8,13H,9-12H2,1-2H3. The fraction of sp³-hybridized carbons (Fsp3) is 0.316. The van der Waals surface area contributed by atoms with E-state index in [0.717, 1.165) is 35.8 Å². The van der Waals surface area contributed by atoms with Gasteiger partial charge in [0, 0.05) is 18.8 Å². The number of fused-ring (bicyclic) bond motifs is 1. The summed E-state index contributed by atoms with van der Waals surface area (Å²) in [7, 11) is 3.05. The van der Waals surface area contributed by atoms with Crippen LogP contribution in [-0.4, -0.2) is 33.3 Å². The Morgan fingerprint density at radius 2 is 1.80 bits per heavy atom. The number of esters is 1. The summed E-state index contributed by atoms with van der Waals surface area (Å²) in [5, 5.41) is 8.58. The first-order chi connectivity index (χ1) is 12.2. The molecule has 0 radical (unpaired) electrons. The fourth-order valence-electron chi connectivity index (χ4n) is 2.84. The first kappa shape index (κ1) is 17.0. The van der Waals surface area contributed by atoms with Crippen LogP contribution < -0.4 is 9.64 Å². The van der Waals surface area contributed by atoms with Crippen LogP contribution in [0.15, 0.2) is 52.7 Å². The summed E-state index contributed by atoms with van der Waals surface area (Å²) in [5.74, 6) is 0.613. The Balaban J connectivity index is 1.67. The molecule has 2 aromatic rings. The largest absolute Gasteiger partial charge is 0.497 e. The lowest BCUT2D eigenvalue weighted by Crippen LogP contribution is -2.24. The van der Waals surface area contributed by atoms with Crippen molar-refractivity contribution in [2.24, 2.45) is 10.2 Å². The molecule has 0 aliphatic carbocycles. The third-order valence-corrected chi connectivity index (χ3v) is 4.22. The van der Waals surface area contributed by atoms with E-state index in [4.69, 9.17) is 9.47 Å². The van der Waals surface area contributed by atoms with Gasteiger partial charge in [0.1, 0.15) is 5.75 Å². The van der Waals surface area contributed by atoms with Gasteiger partial charge in [0.25, 0.3) is 0 Å². The normalized spacial score (nSPS) is 13.1. The molecule has 6 heteroatoms. The Hall–Kier alpha value is -2.89. The highest BCUT2D eigenvalue weighted by Crippen LogP contribution is 2.32. The number of nitrogens with zero attached hydrogens (tertiary/aromatic N) is 3. The molecule has 0 amide bonds. The Labute approximate surface area is 147 Å². The summed E-state index contributed by atoms with van der Waals surface area (Å²) >= 11 is 0. The van der Waals surface area contributed by atoms with Gasteiger partial charge >= 0.3 is 5.97 Å². The van der Waals surface area contributed by atoms with Gasteiger partial charge in [0.05, 0.1) is 32.0 Å².